The minimum atomic E-state index is -0.461. The average molecular weight is 352 g/mol. The molecule has 2 heterocycles. The number of fused-ring (bicyclic) bond motifs is 3. The van der Waals surface area contributed by atoms with Crippen LogP contribution in [-0.2, 0) is 11.2 Å². The Morgan fingerprint density at radius 2 is 2.04 bits per heavy atom. The highest BCUT2D eigenvalue weighted by molar-refractivity contribution is 5.96. The Kier molecular flexibility index (Phi) is 4.30. The maximum atomic E-state index is 12.6. The molecule has 1 saturated heterocycles. The number of carbonyl (C=O) groups is 1. The van der Waals surface area contributed by atoms with Crippen LogP contribution in [0.5, 0.6) is 0 Å². The predicted molar refractivity (Wildman–Crippen MR) is 96.1 cm³/mol. The zero-order valence-electron chi connectivity index (χ0n) is 14.6. The number of ether oxygens (including phenoxy) is 1. The molecule has 0 spiro atoms. The molecule has 2 unspecified atom stereocenters. The first-order valence-corrected chi connectivity index (χ1v) is 8.77. The quantitative estimate of drug-likeness (QED) is 0.479. The standard InChI is InChI=1S/C20H20N2O4/c1-13-2-3-14-8-9-21-17(12-26-20(21)18(14)10-13)11-19(23)15-4-6-16(7-5-15)22(24)25/h2-7,10,17,20H,8-9,11-12H2,1H3. The van der Waals surface area contributed by atoms with Gasteiger partial charge in [0.05, 0.1) is 11.5 Å². The number of aryl methyl sites for hydroxylation is 1. The summed E-state index contributed by atoms with van der Waals surface area (Å²) in [5.41, 5.74) is 4.24. The van der Waals surface area contributed by atoms with Crippen molar-refractivity contribution in [2.45, 2.75) is 32.0 Å². The lowest BCUT2D eigenvalue weighted by Gasteiger charge is -2.33. The van der Waals surface area contributed by atoms with E-state index < -0.39 is 4.92 Å². The minimum Gasteiger partial charge on any atom is -0.357 e. The third-order valence-corrected chi connectivity index (χ3v) is 5.24. The monoisotopic (exact) mass is 352 g/mol. The lowest BCUT2D eigenvalue weighted by atomic mass is 9.95. The summed E-state index contributed by atoms with van der Waals surface area (Å²) in [7, 11) is 0. The van der Waals surface area contributed by atoms with Crippen molar-refractivity contribution in [2.24, 2.45) is 0 Å². The summed E-state index contributed by atoms with van der Waals surface area (Å²) in [6.45, 7) is 3.47. The van der Waals surface area contributed by atoms with E-state index in [1.54, 1.807) is 0 Å². The smallest absolute Gasteiger partial charge is 0.269 e. The fraction of sp³-hybridized carbons (Fsp3) is 0.350. The molecule has 2 aromatic carbocycles. The van der Waals surface area contributed by atoms with Crippen LogP contribution in [-0.4, -0.2) is 34.8 Å². The van der Waals surface area contributed by atoms with Crippen LogP contribution in [0.15, 0.2) is 42.5 Å². The molecule has 0 bridgehead atoms. The Morgan fingerprint density at radius 3 is 2.77 bits per heavy atom. The van der Waals surface area contributed by atoms with Crippen LogP contribution in [0.4, 0.5) is 5.69 Å². The minimum absolute atomic E-state index is 0.00572. The lowest BCUT2D eigenvalue weighted by molar-refractivity contribution is -0.384. The summed E-state index contributed by atoms with van der Waals surface area (Å²) in [5, 5.41) is 10.7. The summed E-state index contributed by atoms with van der Waals surface area (Å²) in [6.07, 6.45) is 1.24. The van der Waals surface area contributed by atoms with Crippen LogP contribution in [0.25, 0.3) is 0 Å². The van der Waals surface area contributed by atoms with E-state index in [0.717, 1.165) is 13.0 Å². The second kappa shape index (κ2) is 6.63. The first-order valence-electron chi connectivity index (χ1n) is 8.77. The third-order valence-electron chi connectivity index (χ3n) is 5.24. The Bertz CT molecular complexity index is 863. The molecule has 6 nitrogen and oxygen atoms in total. The van der Waals surface area contributed by atoms with Crippen molar-refractivity contribution in [1.29, 1.82) is 0 Å². The van der Waals surface area contributed by atoms with E-state index in [9.17, 15) is 14.9 Å². The van der Waals surface area contributed by atoms with E-state index in [0.29, 0.717) is 18.6 Å². The molecule has 134 valence electrons. The van der Waals surface area contributed by atoms with Crippen molar-refractivity contribution in [3.63, 3.8) is 0 Å². The molecule has 0 saturated carbocycles. The molecule has 26 heavy (non-hydrogen) atoms. The van der Waals surface area contributed by atoms with Crippen LogP contribution in [0.2, 0.25) is 0 Å². The topological polar surface area (TPSA) is 72.7 Å². The third kappa shape index (κ3) is 3.02. The van der Waals surface area contributed by atoms with Gasteiger partial charge >= 0.3 is 0 Å². The largest absolute Gasteiger partial charge is 0.357 e. The van der Waals surface area contributed by atoms with Gasteiger partial charge in [-0.05, 0) is 36.6 Å². The Hall–Kier alpha value is -2.57. The maximum absolute atomic E-state index is 12.6. The number of benzene rings is 2. The van der Waals surface area contributed by atoms with Crippen LogP contribution in [0, 0.1) is 17.0 Å². The fourth-order valence-electron chi connectivity index (χ4n) is 3.85. The van der Waals surface area contributed by atoms with Crippen molar-refractivity contribution in [1.82, 2.24) is 4.90 Å². The summed E-state index contributed by atoms with van der Waals surface area (Å²) in [6, 6.07) is 12.3. The van der Waals surface area contributed by atoms with Crippen molar-refractivity contribution in [3.8, 4) is 0 Å². The molecule has 6 heteroatoms. The van der Waals surface area contributed by atoms with Gasteiger partial charge in [0.2, 0.25) is 0 Å². The molecule has 0 aliphatic carbocycles. The fourth-order valence-corrected chi connectivity index (χ4v) is 3.85. The summed E-state index contributed by atoms with van der Waals surface area (Å²) < 4.78 is 6.02. The first-order chi connectivity index (χ1) is 12.5. The highest BCUT2D eigenvalue weighted by atomic mass is 16.6. The van der Waals surface area contributed by atoms with Crippen LogP contribution < -0.4 is 0 Å². The number of nitro benzene ring substituents is 1. The van der Waals surface area contributed by atoms with Crippen molar-refractivity contribution >= 4 is 11.5 Å². The van der Waals surface area contributed by atoms with Crippen LogP contribution in [0.1, 0.15) is 39.7 Å². The molecular weight excluding hydrogens is 332 g/mol. The number of ketones is 1. The zero-order chi connectivity index (χ0) is 18.3. The molecule has 2 atom stereocenters. The van der Waals surface area contributed by atoms with E-state index in [1.165, 1.54) is 41.0 Å². The molecule has 1 fully saturated rings. The summed E-state index contributed by atoms with van der Waals surface area (Å²) in [4.78, 5) is 25.2. The van der Waals surface area contributed by atoms with Gasteiger partial charge in [0.1, 0.15) is 6.23 Å². The highest BCUT2D eigenvalue weighted by Gasteiger charge is 2.39. The van der Waals surface area contributed by atoms with Gasteiger partial charge < -0.3 is 4.74 Å². The van der Waals surface area contributed by atoms with Gasteiger partial charge in [-0.2, -0.15) is 0 Å². The van der Waals surface area contributed by atoms with Gasteiger partial charge in [0, 0.05) is 36.7 Å². The average Bonchev–Trinajstić information content (AvgIpc) is 3.05. The van der Waals surface area contributed by atoms with E-state index in [2.05, 4.69) is 30.0 Å². The molecule has 0 amide bonds. The van der Waals surface area contributed by atoms with E-state index in [-0.39, 0.29) is 23.7 Å². The molecule has 4 rings (SSSR count). The number of nitro groups is 1. The van der Waals surface area contributed by atoms with Gasteiger partial charge in [-0.25, -0.2) is 0 Å². The van der Waals surface area contributed by atoms with E-state index >= 15 is 0 Å². The summed E-state index contributed by atoms with van der Waals surface area (Å²) in [5.74, 6) is -0.0100. The normalized spacial score (nSPS) is 21.9. The molecule has 2 aliphatic heterocycles. The second-order valence-electron chi connectivity index (χ2n) is 6.96. The number of carbonyl (C=O) groups excluding carboxylic acids is 1. The van der Waals surface area contributed by atoms with Crippen molar-refractivity contribution in [3.05, 3.63) is 74.8 Å². The van der Waals surface area contributed by atoms with E-state index in [1.807, 2.05) is 0 Å². The number of hydrogen-bond acceptors (Lipinski definition) is 5. The SMILES string of the molecule is Cc1ccc2c(c1)C1OCC(CC(=O)c3ccc([N+](=O)[O-])cc3)N1CC2. The number of nitrogens with zero attached hydrogens (tertiary/aromatic N) is 2. The molecular formula is C20H20N2O4. The summed E-state index contributed by atoms with van der Waals surface area (Å²) >= 11 is 0. The van der Waals surface area contributed by atoms with Crippen molar-refractivity contribution in [2.75, 3.05) is 13.2 Å². The van der Waals surface area contributed by atoms with Crippen molar-refractivity contribution < 1.29 is 14.5 Å². The van der Waals surface area contributed by atoms with Crippen LogP contribution in [0.3, 0.4) is 0 Å². The Balaban J connectivity index is 1.48. The second-order valence-corrected chi connectivity index (χ2v) is 6.96. The Morgan fingerprint density at radius 1 is 1.27 bits per heavy atom. The first kappa shape index (κ1) is 16.9. The zero-order valence-corrected chi connectivity index (χ0v) is 14.6. The van der Waals surface area contributed by atoms with Crippen LogP contribution >= 0.6 is 0 Å². The molecule has 2 aromatic rings. The Labute approximate surface area is 151 Å². The molecule has 0 aromatic heterocycles. The van der Waals surface area contributed by atoms with Gasteiger partial charge in [-0.15, -0.1) is 0 Å². The number of hydrogen-bond donors (Lipinski definition) is 0. The van der Waals surface area contributed by atoms with Gasteiger partial charge in [0.25, 0.3) is 5.69 Å². The maximum Gasteiger partial charge on any atom is 0.269 e. The molecule has 0 N–H and O–H groups in total. The van der Waals surface area contributed by atoms with Gasteiger partial charge in [-0.1, -0.05) is 23.8 Å². The highest BCUT2D eigenvalue weighted by Crippen LogP contribution is 2.38. The van der Waals surface area contributed by atoms with Gasteiger partial charge in [-0.3, -0.25) is 19.8 Å². The lowest BCUT2D eigenvalue weighted by Crippen LogP contribution is -2.39. The number of non-ortho nitro benzene ring substituents is 1. The predicted octanol–water partition coefficient (Wildman–Crippen LogP) is 3.43. The van der Waals surface area contributed by atoms with Gasteiger partial charge in [0.15, 0.2) is 5.78 Å². The van der Waals surface area contributed by atoms with E-state index in [4.69, 9.17) is 4.74 Å². The molecule has 0 radical (unpaired) electrons. The number of Topliss-reactive ketones (excluding diaryl/α,β-unsaturated/α-hetero) is 1. The molecule has 2 aliphatic rings. The number of rotatable bonds is 4.